The van der Waals surface area contributed by atoms with Crippen molar-refractivity contribution < 1.29 is 13.2 Å². The molecule has 1 unspecified atom stereocenters. The lowest BCUT2D eigenvalue weighted by atomic mass is 10.1. The number of nitrogens with zero attached hydrogens (tertiary/aromatic N) is 1. The zero-order chi connectivity index (χ0) is 18.9. The lowest BCUT2D eigenvalue weighted by Gasteiger charge is -2.17. The van der Waals surface area contributed by atoms with Gasteiger partial charge in [-0.15, -0.1) is 24.0 Å². The topological polar surface area (TPSA) is 99.7 Å². The Morgan fingerprint density at radius 3 is 2.31 bits per heavy atom. The van der Waals surface area contributed by atoms with Gasteiger partial charge in [0, 0.05) is 38.0 Å². The van der Waals surface area contributed by atoms with Gasteiger partial charge in [0.1, 0.15) is 9.84 Å². The first-order valence-electron chi connectivity index (χ1n) is 8.27. The molecule has 0 aliphatic rings. The highest BCUT2D eigenvalue weighted by Crippen LogP contribution is 2.04. The Morgan fingerprint density at radius 1 is 1.19 bits per heavy atom. The number of carbonyl (C=O) groups is 1. The normalized spacial score (nSPS) is 12.7. The Bertz CT molecular complexity index is 690. The quantitative estimate of drug-likeness (QED) is 0.288. The molecule has 26 heavy (non-hydrogen) atoms. The molecule has 1 amide bonds. The van der Waals surface area contributed by atoms with Crippen LogP contribution in [0.2, 0.25) is 0 Å². The molecule has 0 fully saturated rings. The van der Waals surface area contributed by atoms with E-state index in [0.29, 0.717) is 31.0 Å². The molecular weight excluding hydrogens is 467 g/mol. The Morgan fingerprint density at radius 2 is 1.81 bits per heavy atom. The number of hydrogen-bond donors (Lipinski definition) is 3. The van der Waals surface area contributed by atoms with Crippen LogP contribution in [-0.4, -0.2) is 51.9 Å². The van der Waals surface area contributed by atoms with Crippen molar-refractivity contribution in [2.75, 3.05) is 25.6 Å². The van der Waals surface area contributed by atoms with Crippen molar-refractivity contribution in [3.05, 3.63) is 35.4 Å². The first kappa shape index (κ1) is 24.6. The minimum Gasteiger partial charge on any atom is -0.354 e. The van der Waals surface area contributed by atoms with Crippen molar-refractivity contribution in [1.29, 1.82) is 0 Å². The zero-order valence-electron chi connectivity index (χ0n) is 15.7. The second-order valence-corrected chi connectivity index (χ2v) is 8.21. The fourth-order valence-corrected chi connectivity index (χ4v) is 2.90. The summed E-state index contributed by atoms with van der Waals surface area (Å²) in [4.78, 5) is 15.9. The second-order valence-electron chi connectivity index (χ2n) is 5.95. The van der Waals surface area contributed by atoms with E-state index < -0.39 is 9.84 Å². The predicted octanol–water partition coefficient (Wildman–Crippen LogP) is 1.54. The van der Waals surface area contributed by atoms with Crippen LogP contribution in [0.1, 0.15) is 36.2 Å². The molecule has 0 bridgehead atoms. The molecule has 0 spiro atoms. The summed E-state index contributed by atoms with van der Waals surface area (Å²) >= 11 is 0. The van der Waals surface area contributed by atoms with Gasteiger partial charge >= 0.3 is 0 Å². The van der Waals surface area contributed by atoms with Gasteiger partial charge < -0.3 is 16.0 Å². The van der Waals surface area contributed by atoms with Gasteiger partial charge in [-0.05, 0) is 38.0 Å². The summed E-state index contributed by atoms with van der Waals surface area (Å²) in [7, 11) is -1.30. The van der Waals surface area contributed by atoms with E-state index in [2.05, 4.69) is 20.9 Å². The number of rotatable bonds is 8. The van der Waals surface area contributed by atoms with Crippen LogP contribution in [0.5, 0.6) is 0 Å². The fraction of sp³-hybridized carbons (Fsp3) is 0.529. The standard InChI is InChI=1S/C17H28N4O3S.HI/c1-5-19-16(22)15-8-6-14(7-9-15)12-20-17(18-3)21-13(2)10-11-25(4,23)24;/h6-9,13H,5,10-12H2,1-4H3,(H,19,22)(H2,18,20,21);1H. The molecule has 0 saturated heterocycles. The van der Waals surface area contributed by atoms with E-state index in [1.165, 1.54) is 6.26 Å². The number of amides is 1. The molecule has 0 heterocycles. The number of guanidine groups is 1. The summed E-state index contributed by atoms with van der Waals surface area (Å²) in [5.41, 5.74) is 1.64. The molecule has 0 aliphatic carbocycles. The number of hydrogen-bond acceptors (Lipinski definition) is 4. The van der Waals surface area contributed by atoms with E-state index in [4.69, 9.17) is 0 Å². The highest BCUT2D eigenvalue weighted by molar-refractivity contribution is 14.0. The molecule has 1 rings (SSSR count). The third-order valence-corrected chi connectivity index (χ3v) is 4.52. The van der Waals surface area contributed by atoms with Gasteiger partial charge in [-0.2, -0.15) is 0 Å². The number of sulfone groups is 1. The van der Waals surface area contributed by atoms with Crippen LogP contribution >= 0.6 is 24.0 Å². The molecule has 1 atom stereocenters. The van der Waals surface area contributed by atoms with E-state index >= 15 is 0 Å². The summed E-state index contributed by atoms with van der Waals surface area (Å²) in [6.07, 6.45) is 1.75. The first-order chi connectivity index (χ1) is 11.7. The average Bonchev–Trinajstić information content (AvgIpc) is 2.56. The van der Waals surface area contributed by atoms with Crippen LogP contribution in [0.4, 0.5) is 0 Å². The Kier molecular flexibility index (Phi) is 11.5. The number of carbonyl (C=O) groups excluding carboxylic acids is 1. The van der Waals surface area contributed by atoms with Crippen molar-refractivity contribution in [2.24, 2.45) is 4.99 Å². The van der Waals surface area contributed by atoms with Crippen molar-refractivity contribution in [2.45, 2.75) is 32.9 Å². The first-order valence-corrected chi connectivity index (χ1v) is 10.3. The molecule has 1 aromatic rings. The van der Waals surface area contributed by atoms with Crippen LogP contribution < -0.4 is 16.0 Å². The predicted molar refractivity (Wildman–Crippen MR) is 117 cm³/mol. The Labute approximate surface area is 173 Å². The molecule has 0 aromatic heterocycles. The fourth-order valence-electron chi connectivity index (χ4n) is 2.11. The van der Waals surface area contributed by atoms with Gasteiger partial charge in [-0.25, -0.2) is 8.42 Å². The number of halogens is 1. The molecule has 1 aromatic carbocycles. The zero-order valence-corrected chi connectivity index (χ0v) is 18.9. The minimum absolute atomic E-state index is 0. The second kappa shape index (κ2) is 12.1. The van der Waals surface area contributed by atoms with E-state index in [0.717, 1.165) is 5.56 Å². The van der Waals surface area contributed by atoms with E-state index in [1.807, 2.05) is 26.0 Å². The smallest absolute Gasteiger partial charge is 0.251 e. The summed E-state index contributed by atoms with van der Waals surface area (Å²) in [5.74, 6) is 0.660. The molecule has 0 saturated carbocycles. The third-order valence-electron chi connectivity index (χ3n) is 3.54. The van der Waals surface area contributed by atoms with Crippen LogP contribution in [-0.2, 0) is 16.4 Å². The van der Waals surface area contributed by atoms with Gasteiger partial charge in [0.2, 0.25) is 0 Å². The molecular formula is C17H29IN4O3S. The highest BCUT2D eigenvalue weighted by Gasteiger charge is 2.09. The van der Waals surface area contributed by atoms with Gasteiger partial charge in [-0.3, -0.25) is 9.79 Å². The van der Waals surface area contributed by atoms with Crippen molar-refractivity contribution in [3.8, 4) is 0 Å². The van der Waals surface area contributed by atoms with E-state index in [1.54, 1.807) is 19.2 Å². The van der Waals surface area contributed by atoms with Crippen LogP contribution in [0.3, 0.4) is 0 Å². The maximum atomic E-state index is 11.7. The van der Waals surface area contributed by atoms with Crippen LogP contribution in [0.15, 0.2) is 29.3 Å². The van der Waals surface area contributed by atoms with Gasteiger partial charge in [-0.1, -0.05) is 12.1 Å². The molecule has 7 nitrogen and oxygen atoms in total. The van der Waals surface area contributed by atoms with Gasteiger partial charge in [0.15, 0.2) is 5.96 Å². The van der Waals surface area contributed by atoms with Gasteiger partial charge in [0.25, 0.3) is 5.91 Å². The summed E-state index contributed by atoms with van der Waals surface area (Å²) in [5, 5.41) is 9.10. The lowest BCUT2D eigenvalue weighted by molar-refractivity contribution is 0.0956. The Balaban J connectivity index is 0.00000625. The largest absolute Gasteiger partial charge is 0.354 e. The third kappa shape index (κ3) is 9.95. The monoisotopic (exact) mass is 496 g/mol. The van der Waals surface area contributed by atoms with Crippen LogP contribution in [0, 0.1) is 0 Å². The molecule has 3 N–H and O–H groups in total. The maximum Gasteiger partial charge on any atom is 0.251 e. The number of benzene rings is 1. The highest BCUT2D eigenvalue weighted by atomic mass is 127. The SMILES string of the molecule is CCNC(=O)c1ccc(CNC(=NC)NC(C)CCS(C)(=O)=O)cc1.I. The summed E-state index contributed by atoms with van der Waals surface area (Å²) in [6, 6.07) is 7.33. The summed E-state index contributed by atoms with van der Waals surface area (Å²) < 4.78 is 22.4. The van der Waals surface area contributed by atoms with E-state index in [9.17, 15) is 13.2 Å². The lowest BCUT2D eigenvalue weighted by Crippen LogP contribution is -2.42. The molecule has 0 aliphatic heterocycles. The number of nitrogens with one attached hydrogen (secondary N) is 3. The van der Waals surface area contributed by atoms with Crippen molar-refractivity contribution in [3.63, 3.8) is 0 Å². The molecule has 9 heteroatoms. The molecule has 0 radical (unpaired) electrons. The maximum absolute atomic E-state index is 11.7. The van der Waals surface area contributed by atoms with Crippen LogP contribution in [0.25, 0.3) is 0 Å². The van der Waals surface area contributed by atoms with Crippen molar-refractivity contribution >= 4 is 45.7 Å². The minimum atomic E-state index is -2.97. The van der Waals surface area contributed by atoms with Gasteiger partial charge in [0.05, 0.1) is 5.75 Å². The molecule has 148 valence electrons. The Hall–Kier alpha value is -1.36. The average molecular weight is 496 g/mol. The number of aliphatic imine (C=N–C) groups is 1. The van der Waals surface area contributed by atoms with E-state index in [-0.39, 0.29) is 41.7 Å². The van der Waals surface area contributed by atoms with Crippen molar-refractivity contribution in [1.82, 2.24) is 16.0 Å². The summed E-state index contributed by atoms with van der Waals surface area (Å²) in [6.45, 7) is 4.95.